The van der Waals surface area contributed by atoms with Crippen LogP contribution in [-0.4, -0.2) is 17.6 Å². The molecule has 0 aliphatic rings. The number of ether oxygens (including phenoxy) is 1. The van der Waals surface area contributed by atoms with Crippen molar-refractivity contribution >= 4 is 22.6 Å². The van der Waals surface area contributed by atoms with Gasteiger partial charge in [-0.05, 0) is 19.1 Å². The van der Waals surface area contributed by atoms with Crippen LogP contribution in [0.25, 0.3) is 10.9 Å². The normalized spacial score (nSPS) is 10.4. The number of anilines is 1. The molecule has 0 amide bonds. The highest BCUT2D eigenvalue weighted by molar-refractivity contribution is 5.97. The van der Waals surface area contributed by atoms with Crippen LogP contribution in [0.2, 0.25) is 0 Å². The van der Waals surface area contributed by atoms with E-state index >= 15 is 0 Å². The van der Waals surface area contributed by atoms with Gasteiger partial charge in [-0.2, -0.15) is 0 Å². The third-order valence-corrected chi connectivity index (χ3v) is 2.42. The van der Waals surface area contributed by atoms with Crippen LogP contribution in [0.4, 0.5) is 5.69 Å². The van der Waals surface area contributed by atoms with Crippen LogP contribution in [0.15, 0.2) is 29.1 Å². The largest absolute Gasteiger partial charge is 0.461 e. The van der Waals surface area contributed by atoms with Crippen molar-refractivity contribution < 1.29 is 9.53 Å². The lowest BCUT2D eigenvalue weighted by Crippen LogP contribution is -2.18. The summed E-state index contributed by atoms with van der Waals surface area (Å²) in [4.78, 5) is 26.3. The van der Waals surface area contributed by atoms with Gasteiger partial charge in [-0.15, -0.1) is 0 Å². The van der Waals surface area contributed by atoms with E-state index in [0.717, 1.165) is 0 Å². The van der Waals surface area contributed by atoms with Gasteiger partial charge < -0.3 is 15.5 Å². The molecule has 0 unspecified atom stereocenters. The zero-order chi connectivity index (χ0) is 12.4. The van der Waals surface area contributed by atoms with E-state index in [4.69, 9.17) is 10.5 Å². The molecule has 0 fully saturated rings. The van der Waals surface area contributed by atoms with Gasteiger partial charge in [-0.25, -0.2) is 4.79 Å². The molecule has 2 aromatic rings. The second-order valence-electron chi connectivity index (χ2n) is 3.51. The Kier molecular flexibility index (Phi) is 2.82. The number of aromatic amines is 1. The molecule has 1 heterocycles. The number of H-pyrrole nitrogens is 1. The summed E-state index contributed by atoms with van der Waals surface area (Å²) in [6.45, 7) is 1.92. The van der Waals surface area contributed by atoms with Gasteiger partial charge in [0.05, 0.1) is 12.1 Å². The summed E-state index contributed by atoms with van der Waals surface area (Å²) in [7, 11) is 0. The number of nitrogens with two attached hydrogens (primary N) is 1. The predicted octanol–water partition coefficient (Wildman–Crippen LogP) is 1.29. The van der Waals surface area contributed by atoms with Gasteiger partial charge in [0, 0.05) is 5.39 Å². The Labute approximate surface area is 97.2 Å². The maximum absolute atomic E-state index is 11.9. The lowest BCUT2D eigenvalue weighted by molar-refractivity contribution is 0.0521. The highest BCUT2D eigenvalue weighted by Crippen LogP contribution is 2.13. The molecule has 5 nitrogen and oxygen atoms in total. The number of aromatic nitrogens is 1. The van der Waals surface area contributed by atoms with Gasteiger partial charge in [0.25, 0.3) is 0 Å². The monoisotopic (exact) mass is 232 g/mol. The van der Waals surface area contributed by atoms with Gasteiger partial charge in [-0.3, -0.25) is 4.79 Å². The van der Waals surface area contributed by atoms with E-state index in [2.05, 4.69) is 4.98 Å². The third kappa shape index (κ3) is 1.87. The number of para-hydroxylation sites is 1. The van der Waals surface area contributed by atoms with Gasteiger partial charge in [-0.1, -0.05) is 12.1 Å². The van der Waals surface area contributed by atoms with E-state index in [0.29, 0.717) is 10.9 Å². The number of pyridine rings is 1. The number of carbonyl (C=O) groups excluding carboxylic acids is 1. The minimum atomic E-state index is -0.618. The molecule has 0 atom stereocenters. The lowest BCUT2D eigenvalue weighted by atomic mass is 10.1. The van der Waals surface area contributed by atoms with Crippen LogP contribution >= 0.6 is 0 Å². The fourth-order valence-electron chi connectivity index (χ4n) is 1.61. The Morgan fingerprint density at radius 1 is 1.41 bits per heavy atom. The highest BCUT2D eigenvalue weighted by Gasteiger charge is 2.16. The van der Waals surface area contributed by atoms with Crippen molar-refractivity contribution in [1.29, 1.82) is 0 Å². The molecule has 3 N–H and O–H groups in total. The maximum atomic E-state index is 11.9. The molecule has 0 aliphatic heterocycles. The van der Waals surface area contributed by atoms with Crippen LogP contribution in [0.1, 0.15) is 17.4 Å². The minimum absolute atomic E-state index is 0.00977. The molecule has 5 heteroatoms. The van der Waals surface area contributed by atoms with Gasteiger partial charge in [0.15, 0.2) is 5.69 Å². The first kappa shape index (κ1) is 11.2. The number of hydrogen-bond donors (Lipinski definition) is 2. The van der Waals surface area contributed by atoms with E-state index in [1.165, 1.54) is 0 Å². The molecule has 2 rings (SSSR count). The summed E-state index contributed by atoms with van der Waals surface area (Å²) in [5, 5.41) is 0.457. The number of rotatable bonds is 2. The number of hydrogen-bond acceptors (Lipinski definition) is 4. The molecule has 0 radical (unpaired) electrons. The van der Waals surface area contributed by atoms with Crippen LogP contribution in [0.5, 0.6) is 0 Å². The topological polar surface area (TPSA) is 85.2 Å². The summed E-state index contributed by atoms with van der Waals surface area (Å²) in [5.74, 6) is -0.618. The Bertz CT molecular complexity index is 631. The molecule has 0 spiro atoms. The number of carbonyl (C=O) groups is 1. The second kappa shape index (κ2) is 4.29. The smallest absolute Gasteiger partial charge is 0.357 e. The van der Waals surface area contributed by atoms with Crippen molar-refractivity contribution in [2.75, 3.05) is 12.3 Å². The van der Waals surface area contributed by atoms with E-state index in [9.17, 15) is 9.59 Å². The quantitative estimate of drug-likeness (QED) is 0.764. The van der Waals surface area contributed by atoms with E-state index in [-0.39, 0.29) is 23.4 Å². The Balaban J connectivity index is 2.70. The predicted molar refractivity (Wildman–Crippen MR) is 64.9 cm³/mol. The summed E-state index contributed by atoms with van der Waals surface area (Å²) in [5.41, 5.74) is 5.74. The van der Waals surface area contributed by atoms with Crippen LogP contribution in [0.3, 0.4) is 0 Å². The molecule has 0 aliphatic carbocycles. The van der Waals surface area contributed by atoms with Gasteiger partial charge in [0.2, 0.25) is 5.43 Å². The number of esters is 1. The summed E-state index contributed by atoms with van der Waals surface area (Å²) >= 11 is 0. The number of benzene rings is 1. The molecular formula is C12H12N2O3. The fourth-order valence-corrected chi connectivity index (χ4v) is 1.61. The number of nitrogens with one attached hydrogen (secondary N) is 1. The Hall–Kier alpha value is -2.30. The van der Waals surface area contributed by atoms with Gasteiger partial charge >= 0.3 is 5.97 Å². The summed E-state index contributed by atoms with van der Waals surface area (Å²) in [6, 6.07) is 6.86. The van der Waals surface area contributed by atoms with Crippen molar-refractivity contribution in [2.45, 2.75) is 6.92 Å². The molecule has 1 aromatic carbocycles. The minimum Gasteiger partial charge on any atom is -0.461 e. The van der Waals surface area contributed by atoms with Crippen LogP contribution < -0.4 is 11.2 Å². The van der Waals surface area contributed by atoms with E-state index < -0.39 is 5.97 Å². The molecule has 17 heavy (non-hydrogen) atoms. The molecule has 88 valence electrons. The maximum Gasteiger partial charge on any atom is 0.357 e. The standard InChI is InChI=1S/C12H12N2O3/c1-2-17-12(16)10-9(13)11(15)7-5-3-4-6-8(7)14-10/h3-6H,2,13H2,1H3,(H,14,15). The zero-order valence-corrected chi connectivity index (χ0v) is 9.32. The molecule has 0 saturated carbocycles. The summed E-state index contributed by atoms with van der Waals surface area (Å²) in [6.07, 6.45) is 0. The van der Waals surface area contributed by atoms with Crippen molar-refractivity contribution in [3.63, 3.8) is 0 Å². The first-order valence-electron chi connectivity index (χ1n) is 5.22. The van der Waals surface area contributed by atoms with Crippen molar-refractivity contribution in [2.24, 2.45) is 0 Å². The van der Waals surface area contributed by atoms with Crippen LogP contribution in [-0.2, 0) is 4.74 Å². The molecule has 0 bridgehead atoms. The Morgan fingerprint density at radius 2 is 2.12 bits per heavy atom. The van der Waals surface area contributed by atoms with Gasteiger partial charge in [0.1, 0.15) is 5.69 Å². The third-order valence-electron chi connectivity index (χ3n) is 2.42. The number of nitrogen functional groups attached to an aromatic ring is 1. The average molecular weight is 232 g/mol. The summed E-state index contributed by atoms with van der Waals surface area (Å²) < 4.78 is 4.82. The van der Waals surface area contributed by atoms with Crippen molar-refractivity contribution in [3.05, 3.63) is 40.2 Å². The van der Waals surface area contributed by atoms with E-state index in [1.54, 1.807) is 31.2 Å². The molecular weight excluding hydrogens is 220 g/mol. The second-order valence-corrected chi connectivity index (χ2v) is 3.51. The van der Waals surface area contributed by atoms with Crippen molar-refractivity contribution in [1.82, 2.24) is 4.98 Å². The zero-order valence-electron chi connectivity index (χ0n) is 9.32. The van der Waals surface area contributed by atoms with Crippen molar-refractivity contribution in [3.8, 4) is 0 Å². The first-order chi connectivity index (χ1) is 8.15. The molecule has 1 aromatic heterocycles. The Morgan fingerprint density at radius 3 is 2.82 bits per heavy atom. The molecule has 0 saturated heterocycles. The highest BCUT2D eigenvalue weighted by atomic mass is 16.5. The lowest BCUT2D eigenvalue weighted by Gasteiger charge is -2.06. The first-order valence-corrected chi connectivity index (χ1v) is 5.22. The van der Waals surface area contributed by atoms with E-state index in [1.807, 2.05) is 0 Å². The fraction of sp³-hybridized carbons (Fsp3) is 0.167. The van der Waals surface area contributed by atoms with Crippen LogP contribution in [0, 0.1) is 0 Å². The SMILES string of the molecule is CCOC(=O)c1[nH]c2ccccc2c(=O)c1N. The number of fused-ring (bicyclic) bond motifs is 1. The average Bonchev–Trinajstić information content (AvgIpc) is 2.34.